The highest BCUT2D eigenvalue weighted by Crippen LogP contribution is 2.41. The lowest BCUT2D eigenvalue weighted by Gasteiger charge is -2.07. The quantitative estimate of drug-likeness (QED) is 0.412. The monoisotopic (exact) mass is 355 g/mol. The fourth-order valence-corrected chi connectivity index (χ4v) is 5.22. The number of aryl methyl sites for hydroxylation is 1. The second-order valence-electron chi connectivity index (χ2n) is 5.03. The first kappa shape index (κ1) is 13.4. The predicted octanol–water partition coefficient (Wildman–Crippen LogP) is 5.62. The summed E-state index contributed by atoms with van der Waals surface area (Å²) in [5, 5.41) is 6.22. The Bertz CT molecular complexity index is 1170. The van der Waals surface area contributed by atoms with Gasteiger partial charge in [-0.25, -0.2) is 15.0 Å². The van der Waals surface area contributed by atoms with Gasteiger partial charge in [-0.15, -0.1) is 34.0 Å². The molecule has 0 saturated carbocycles. The molecular formula is C16H9N3OS3. The van der Waals surface area contributed by atoms with E-state index in [1.54, 1.807) is 40.3 Å². The first-order chi connectivity index (χ1) is 11.3. The number of hydrogen-bond acceptors (Lipinski definition) is 7. The van der Waals surface area contributed by atoms with Crippen LogP contribution in [0.25, 0.3) is 30.5 Å². The van der Waals surface area contributed by atoms with Crippen molar-refractivity contribution in [3.05, 3.63) is 40.3 Å². The summed E-state index contributed by atoms with van der Waals surface area (Å²) in [5.74, 6) is 1.43. The minimum absolute atomic E-state index is 0.609. The van der Waals surface area contributed by atoms with Gasteiger partial charge in [-0.1, -0.05) is 0 Å². The highest BCUT2D eigenvalue weighted by atomic mass is 32.1. The third-order valence-electron chi connectivity index (χ3n) is 3.59. The van der Waals surface area contributed by atoms with E-state index in [4.69, 9.17) is 4.74 Å². The Morgan fingerprint density at radius 2 is 1.91 bits per heavy atom. The zero-order chi connectivity index (χ0) is 15.4. The van der Waals surface area contributed by atoms with Crippen LogP contribution in [0.4, 0.5) is 0 Å². The van der Waals surface area contributed by atoms with Gasteiger partial charge < -0.3 is 4.74 Å². The number of rotatable bonds is 2. The topological polar surface area (TPSA) is 47.9 Å². The summed E-state index contributed by atoms with van der Waals surface area (Å²) in [6.45, 7) is 2.03. The van der Waals surface area contributed by atoms with Crippen molar-refractivity contribution in [1.82, 2.24) is 15.0 Å². The molecule has 0 saturated heterocycles. The summed E-state index contributed by atoms with van der Waals surface area (Å²) < 4.78 is 9.46. The Hall–Kier alpha value is -2.09. The van der Waals surface area contributed by atoms with E-state index < -0.39 is 0 Å². The zero-order valence-corrected chi connectivity index (χ0v) is 14.4. The van der Waals surface area contributed by atoms with E-state index in [2.05, 4.69) is 32.5 Å². The molecule has 0 unspecified atom stereocenters. The van der Waals surface area contributed by atoms with E-state index in [1.165, 1.54) is 4.70 Å². The average molecular weight is 355 g/mol. The molecule has 5 rings (SSSR count). The fourth-order valence-electron chi connectivity index (χ4n) is 2.61. The fraction of sp³-hybridized carbons (Fsp3) is 0.0625. The molecule has 0 aliphatic rings. The number of ether oxygens (including phenoxy) is 1. The zero-order valence-electron chi connectivity index (χ0n) is 11.9. The lowest BCUT2D eigenvalue weighted by Crippen LogP contribution is -1.89. The Morgan fingerprint density at radius 3 is 2.87 bits per heavy atom. The van der Waals surface area contributed by atoms with Gasteiger partial charge >= 0.3 is 0 Å². The van der Waals surface area contributed by atoms with Crippen molar-refractivity contribution in [3.63, 3.8) is 0 Å². The molecule has 0 fully saturated rings. The first-order valence-electron chi connectivity index (χ1n) is 6.93. The molecule has 0 spiro atoms. The van der Waals surface area contributed by atoms with Crippen LogP contribution in [0.15, 0.2) is 35.3 Å². The highest BCUT2D eigenvalue weighted by molar-refractivity contribution is 7.21. The Balaban J connectivity index is 1.75. The van der Waals surface area contributed by atoms with Crippen LogP contribution in [0.5, 0.6) is 11.6 Å². The maximum Gasteiger partial charge on any atom is 0.240 e. The number of nitrogens with zero attached hydrogens (tertiary/aromatic N) is 3. The highest BCUT2D eigenvalue weighted by Gasteiger charge is 2.15. The maximum absolute atomic E-state index is 6.18. The molecule has 5 aromatic rings. The smallest absolute Gasteiger partial charge is 0.240 e. The summed E-state index contributed by atoms with van der Waals surface area (Å²) >= 11 is 4.97. The molecule has 0 aliphatic heterocycles. The van der Waals surface area contributed by atoms with Gasteiger partial charge in [0.05, 0.1) is 25.4 Å². The lowest BCUT2D eigenvalue weighted by molar-refractivity contribution is 0.475. The molecule has 4 heterocycles. The van der Waals surface area contributed by atoms with Gasteiger partial charge in [0, 0.05) is 11.5 Å². The van der Waals surface area contributed by atoms with Gasteiger partial charge in [-0.2, -0.15) is 0 Å². The standard InChI is InChI=1S/C16H9N3OS3/c1-8-19-13-12(23-8)6-11(9-2-4-21-14(9)13)20-16-15-10(3-5-22-15)17-7-18-16/h2-7H,1H3. The van der Waals surface area contributed by atoms with Crippen LogP contribution in [0.3, 0.4) is 0 Å². The van der Waals surface area contributed by atoms with Crippen molar-refractivity contribution in [2.75, 3.05) is 0 Å². The Morgan fingerprint density at radius 1 is 1.04 bits per heavy atom. The Kier molecular flexibility index (Phi) is 2.88. The molecule has 4 nitrogen and oxygen atoms in total. The molecular weight excluding hydrogens is 346 g/mol. The van der Waals surface area contributed by atoms with Gasteiger partial charge in [0.2, 0.25) is 5.88 Å². The molecule has 23 heavy (non-hydrogen) atoms. The van der Waals surface area contributed by atoms with Crippen LogP contribution in [0.1, 0.15) is 5.01 Å². The van der Waals surface area contributed by atoms with Crippen molar-refractivity contribution in [3.8, 4) is 11.6 Å². The van der Waals surface area contributed by atoms with E-state index in [1.807, 2.05) is 18.4 Å². The maximum atomic E-state index is 6.18. The minimum atomic E-state index is 0.609. The van der Waals surface area contributed by atoms with Gasteiger partial charge in [0.15, 0.2) is 0 Å². The molecule has 1 aromatic carbocycles. The van der Waals surface area contributed by atoms with Crippen LogP contribution in [-0.2, 0) is 0 Å². The van der Waals surface area contributed by atoms with Crippen molar-refractivity contribution >= 4 is 64.5 Å². The van der Waals surface area contributed by atoms with Crippen LogP contribution in [-0.4, -0.2) is 15.0 Å². The largest absolute Gasteiger partial charge is 0.437 e. The molecule has 0 atom stereocenters. The van der Waals surface area contributed by atoms with Gasteiger partial charge in [0.25, 0.3) is 0 Å². The summed E-state index contributed by atoms with van der Waals surface area (Å²) in [7, 11) is 0. The molecule has 0 aliphatic carbocycles. The number of aromatic nitrogens is 3. The van der Waals surface area contributed by atoms with Crippen LogP contribution >= 0.6 is 34.0 Å². The van der Waals surface area contributed by atoms with Crippen molar-refractivity contribution < 1.29 is 4.74 Å². The molecule has 4 aromatic heterocycles. The van der Waals surface area contributed by atoms with Crippen LogP contribution in [0, 0.1) is 6.92 Å². The average Bonchev–Trinajstić information content (AvgIpc) is 3.24. The van der Waals surface area contributed by atoms with E-state index in [0.717, 1.165) is 36.6 Å². The molecule has 112 valence electrons. The van der Waals surface area contributed by atoms with E-state index in [0.29, 0.717) is 5.88 Å². The van der Waals surface area contributed by atoms with E-state index in [9.17, 15) is 0 Å². The van der Waals surface area contributed by atoms with Crippen LogP contribution in [0.2, 0.25) is 0 Å². The second-order valence-corrected chi connectivity index (χ2v) is 8.10. The third kappa shape index (κ3) is 2.04. The molecule has 0 amide bonds. The number of hydrogen-bond donors (Lipinski definition) is 0. The van der Waals surface area contributed by atoms with Crippen LogP contribution < -0.4 is 4.74 Å². The van der Waals surface area contributed by atoms with E-state index >= 15 is 0 Å². The molecule has 0 radical (unpaired) electrons. The predicted molar refractivity (Wildman–Crippen MR) is 97.2 cm³/mol. The molecule has 0 N–H and O–H groups in total. The van der Waals surface area contributed by atoms with Crippen molar-refractivity contribution in [2.24, 2.45) is 0 Å². The Labute approximate surface area is 143 Å². The number of fused-ring (bicyclic) bond motifs is 4. The van der Waals surface area contributed by atoms with Gasteiger partial charge in [-0.05, 0) is 29.8 Å². The summed E-state index contributed by atoms with van der Waals surface area (Å²) in [5.41, 5.74) is 1.98. The summed E-state index contributed by atoms with van der Waals surface area (Å²) in [4.78, 5) is 13.2. The van der Waals surface area contributed by atoms with Gasteiger partial charge in [-0.3, -0.25) is 0 Å². The van der Waals surface area contributed by atoms with Gasteiger partial charge in [0.1, 0.15) is 16.8 Å². The van der Waals surface area contributed by atoms with E-state index in [-0.39, 0.29) is 0 Å². The summed E-state index contributed by atoms with van der Waals surface area (Å²) in [6, 6.07) is 6.12. The third-order valence-corrected chi connectivity index (χ3v) is 6.32. The van der Waals surface area contributed by atoms with Crippen molar-refractivity contribution in [2.45, 2.75) is 6.92 Å². The van der Waals surface area contributed by atoms with Crippen molar-refractivity contribution in [1.29, 1.82) is 0 Å². The molecule has 0 bridgehead atoms. The normalized spacial score (nSPS) is 11.7. The number of thiazole rings is 1. The lowest BCUT2D eigenvalue weighted by atomic mass is 10.2. The number of thiophene rings is 2. The number of benzene rings is 1. The summed E-state index contributed by atoms with van der Waals surface area (Å²) in [6.07, 6.45) is 1.55. The SMILES string of the molecule is Cc1nc2c(cc(Oc3ncnc4ccsc34)c3ccsc32)s1. The minimum Gasteiger partial charge on any atom is -0.437 e. The second kappa shape index (κ2) is 4.95. The first-order valence-corrected chi connectivity index (χ1v) is 9.50. The molecule has 7 heteroatoms.